The Kier molecular flexibility index (Phi) is 2.82. The van der Waals surface area contributed by atoms with E-state index < -0.39 is 11.2 Å². The molecule has 2 aromatic rings. The summed E-state index contributed by atoms with van der Waals surface area (Å²) in [6.45, 7) is 0.0686. The summed E-state index contributed by atoms with van der Waals surface area (Å²) in [5.74, 6) is 0. The lowest BCUT2D eigenvalue weighted by Gasteiger charge is -2.02. The van der Waals surface area contributed by atoms with Gasteiger partial charge in [-0.25, -0.2) is 4.79 Å². The summed E-state index contributed by atoms with van der Waals surface area (Å²) in [6.07, 6.45) is 1.51. The Hall–Kier alpha value is -1.95. The van der Waals surface area contributed by atoms with Crippen molar-refractivity contribution in [1.29, 1.82) is 0 Å². The molecule has 0 spiro atoms. The molecule has 1 N–H and O–H groups in total. The van der Waals surface area contributed by atoms with Crippen molar-refractivity contribution < 1.29 is 0 Å². The maximum Gasteiger partial charge on any atom is 0.329 e. The van der Waals surface area contributed by atoms with Crippen molar-refractivity contribution in [2.75, 3.05) is 0 Å². The summed E-state index contributed by atoms with van der Waals surface area (Å²) in [4.78, 5) is 25.2. The molecular formula is C9H7ClN4O2. The smallest absolute Gasteiger partial charge is 0.298 e. The van der Waals surface area contributed by atoms with E-state index in [1.165, 1.54) is 6.20 Å². The zero-order valence-corrected chi connectivity index (χ0v) is 8.81. The second-order valence-electron chi connectivity index (χ2n) is 3.06. The third-order valence-electron chi connectivity index (χ3n) is 1.94. The molecule has 0 radical (unpaired) electrons. The summed E-state index contributed by atoms with van der Waals surface area (Å²) in [6, 6.07) is 4.49. The van der Waals surface area contributed by atoms with Gasteiger partial charge in [-0.15, -0.1) is 0 Å². The first-order chi connectivity index (χ1) is 7.66. The minimum absolute atomic E-state index is 0.0189. The second kappa shape index (κ2) is 4.28. The van der Waals surface area contributed by atoms with Crippen LogP contribution in [-0.2, 0) is 6.54 Å². The molecule has 0 aromatic carbocycles. The van der Waals surface area contributed by atoms with Crippen LogP contribution in [0.1, 0.15) is 5.69 Å². The van der Waals surface area contributed by atoms with Gasteiger partial charge in [-0.3, -0.25) is 14.3 Å². The molecule has 0 bridgehead atoms. The molecule has 6 nitrogen and oxygen atoms in total. The molecule has 0 aliphatic rings. The Morgan fingerprint density at radius 3 is 2.88 bits per heavy atom. The fourth-order valence-corrected chi connectivity index (χ4v) is 1.40. The number of aromatic amines is 1. The first kappa shape index (κ1) is 10.6. The van der Waals surface area contributed by atoms with Crippen LogP contribution in [-0.4, -0.2) is 19.7 Å². The largest absolute Gasteiger partial charge is 0.329 e. The van der Waals surface area contributed by atoms with Crippen molar-refractivity contribution >= 4 is 11.6 Å². The predicted molar refractivity (Wildman–Crippen MR) is 57.5 cm³/mol. The molecule has 0 saturated carbocycles. The van der Waals surface area contributed by atoms with Crippen LogP contribution in [0.15, 0.2) is 34.0 Å². The maximum absolute atomic E-state index is 11.5. The van der Waals surface area contributed by atoms with Crippen LogP contribution in [0.2, 0.25) is 5.15 Å². The van der Waals surface area contributed by atoms with E-state index in [1.807, 2.05) is 0 Å². The third-order valence-corrected chi connectivity index (χ3v) is 2.14. The molecular weight excluding hydrogens is 232 g/mol. The summed E-state index contributed by atoms with van der Waals surface area (Å²) in [7, 11) is 0. The van der Waals surface area contributed by atoms with Gasteiger partial charge in [0.05, 0.1) is 12.2 Å². The molecule has 0 aliphatic carbocycles. The van der Waals surface area contributed by atoms with Crippen LogP contribution in [0.25, 0.3) is 0 Å². The van der Waals surface area contributed by atoms with Gasteiger partial charge in [-0.2, -0.15) is 10.2 Å². The number of hydrogen-bond donors (Lipinski definition) is 1. The van der Waals surface area contributed by atoms with E-state index in [2.05, 4.69) is 15.2 Å². The monoisotopic (exact) mass is 238 g/mol. The van der Waals surface area contributed by atoms with E-state index in [4.69, 9.17) is 11.6 Å². The van der Waals surface area contributed by atoms with Crippen LogP contribution >= 0.6 is 11.6 Å². The minimum atomic E-state index is -0.567. The van der Waals surface area contributed by atoms with Gasteiger partial charge < -0.3 is 0 Å². The van der Waals surface area contributed by atoms with Gasteiger partial charge in [0.15, 0.2) is 0 Å². The Morgan fingerprint density at radius 1 is 1.44 bits per heavy atom. The van der Waals surface area contributed by atoms with Gasteiger partial charge in [0.25, 0.3) is 5.56 Å². The van der Waals surface area contributed by atoms with Gasteiger partial charge >= 0.3 is 5.69 Å². The third kappa shape index (κ3) is 2.17. The Morgan fingerprint density at radius 2 is 2.25 bits per heavy atom. The van der Waals surface area contributed by atoms with Crippen molar-refractivity contribution in [1.82, 2.24) is 19.7 Å². The number of halogens is 1. The first-order valence-corrected chi connectivity index (χ1v) is 4.81. The highest BCUT2D eigenvalue weighted by Gasteiger charge is 2.04. The van der Waals surface area contributed by atoms with Crippen LogP contribution in [0.4, 0.5) is 0 Å². The van der Waals surface area contributed by atoms with E-state index in [0.717, 1.165) is 10.6 Å². The summed E-state index contributed by atoms with van der Waals surface area (Å²) >= 11 is 5.53. The molecule has 16 heavy (non-hydrogen) atoms. The number of nitrogens with one attached hydrogen (secondary N) is 1. The molecule has 0 saturated heterocycles. The summed E-state index contributed by atoms with van der Waals surface area (Å²) < 4.78 is 0.996. The topological polar surface area (TPSA) is 80.6 Å². The Labute approximate surface area is 94.5 Å². The van der Waals surface area contributed by atoms with Crippen molar-refractivity contribution in [3.8, 4) is 0 Å². The van der Waals surface area contributed by atoms with E-state index in [-0.39, 0.29) is 11.7 Å². The van der Waals surface area contributed by atoms with E-state index in [9.17, 15) is 9.59 Å². The molecule has 7 heteroatoms. The number of nitrogens with zero attached hydrogens (tertiary/aromatic N) is 3. The lowest BCUT2D eigenvalue weighted by atomic mass is 10.4. The van der Waals surface area contributed by atoms with Crippen LogP contribution < -0.4 is 11.2 Å². The van der Waals surface area contributed by atoms with Crippen molar-refractivity contribution in [3.63, 3.8) is 0 Å². The van der Waals surface area contributed by atoms with Crippen molar-refractivity contribution in [2.45, 2.75) is 6.54 Å². The van der Waals surface area contributed by atoms with Gasteiger partial charge in [-0.1, -0.05) is 11.6 Å². The molecule has 0 aliphatic heterocycles. The average molecular weight is 239 g/mol. The van der Waals surface area contributed by atoms with Crippen molar-refractivity contribution in [2.24, 2.45) is 0 Å². The van der Waals surface area contributed by atoms with Crippen LogP contribution in [0.3, 0.4) is 0 Å². The van der Waals surface area contributed by atoms with E-state index >= 15 is 0 Å². The molecule has 82 valence electrons. The summed E-state index contributed by atoms with van der Waals surface area (Å²) in [5.41, 5.74) is -0.514. The zero-order chi connectivity index (χ0) is 11.5. The fourth-order valence-electron chi connectivity index (χ4n) is 1.22. The quantitative estimate of drug-likeness (QED) is 0.749. The normalized spacial score (nSPS) is 10.3. The van der Waals surface area contributed by atoms with Gasteiger partial charge in [0, 0.05) is 12.3 Å². The molecule has 2 aromatic heterocycles. The zero-order valence-electron chi connectivity index (χ0n) is 8.05. The van der Waals surface area contributed by atoms with Crippen molar-refractivity contribution in [3.05, 3.63) is 56.1 Å². The standard InChI is InChI=1S/C9H7ClN4O2/c10-7-4-8(15)14(9(16)12-7)5-6-2-1-3-11-13-6/h1-4H,5H2,(H,12,16). The lowest BCUT2D eigenvalue weighted by Crippen LogP contribution is -2.35. The molecule has 0 fully saturated rings. The molecule has 0 amide bonds. The number of hydrogen-bond acceptors (Lipinski definition) is 4. The number of aromatic nitrogens is 4. The maximum atomic E-state index is 11.5. The van der Waals surface area contributed by atoms with E-state index in [1.54, 1.807) is 12.1 Å². The number of H-pyrrole nitrogens is 1. The average Bonchev–Trinajstić information content (AvgIpc) is 2.25. The Bertz CT molecular complexity index is 574. The molecule has 0 unspecified atom stereocenters. The van der Waals surface area contributed by atoms with Crippen LogP contribution in [0.5, 0.6) is 0 Å². The number of rotatable bonds is 2. The van der Waals surface area contributed by atoms with Gasteiger partial charge in [0.2, 0.25) is 0 Å². The molecule has 2 rings (SSSR count). The second-order valence-corrected chi connectivity index (χ2v) is 3.47. The Balaban J connectivity index is 2.44. The highest BCUT2D eigenvalue weighted by molar-refractivity contribution is 6.29. The molecule has 2 heterocycles. The van der Waals surface area contributed by atoms with Gasteiger partial charge in [0.1, 0.15) is 5.15 Å². The highest BCUT2D eigenvalue weighted by Crippen LogP contribution is 1.95. The fraction of sp³-hybridized carbons (Fsp3) is 0.111. The summed E-state index contributed by atoms with van der Waals surface area (Å²) in [5, 5.41) is 7.46. The highest BCUT2D eigenvalue weighted by atomic mass is 35.5. The van der Waals surface area contributed by atoms with Gasteiger partial charge in [-0.05, 0) is 12.1 Å². The lowest BCUT2D eigenvalue weighted by molar-refractivity contribution is 0.675. The van der Waals surface area contributed by atoms with Crippen LogP contribution in [0, 0.1) is 0 Å². The first-order valence-electron chi connectivity index (χ1n) is 4.43. The minimum Gasteiger partial charge on any atom is -0.298 e. The molecule has 0 atom stereocenters. The predicted octanol–water partition coefficient (Wildman–Crippen LogP) is 0.0283. The van der Waals surface area contributed by atoms with E-state index in [0.29, 0.717) is 5.69 Å². The SMILES string of the molecule is O=c1cc(Cl)[nH]c(=O)n1Cc1cccnn1.